The minimum absolute atomic E-state index is 0.136. The molecule has 24 heavy (non-hydrogen) atoms. The van der Waals surface area contributed by atoms with Crippen LogP contribution in [0.25, 0.3) is 0 Å². The van der Waals surface area contributed by atoms with E-state index in [1.165, 1.54) is 0 Å². The molecule has 132 valence electrons. The van der Waals surface area contributed by atoms with Crippen molar-refractivity contribution in [2.24, 2.45) is 5.41 Å². The maximum atomic E-state index is 11.9. The lowest BCUT2D eigenvalue weighted by Crippen LogP contribution is -2.50. The predicted octanol–water partition coefficient (Wildman–Crippen LogP) is 1.84. The van der Waals surface area contributed by atoms with E-state index in [0.29, 0.717) is 0 Å². The summed E-state index contributed by atoms with van der Waals surface area (Å²) in [4.78, 5) is 23.5. The second-order valence-corrected chi connectivity index (χ2v) is 6.91. The molecule has 6 heteroatoms. The first-order valence-corrected chi connectivity index (χ1v) is 7.97. The van der Waals surface area contributed by atoms with Gasteiger partial charge in [0.2, 0.25) is 0 Å². The number of esters is 2. The Labute approximate surface area is 141 Å². The van der Waals surface area contributed by atoms with Crippen LogP contribution >= 0.6 is 0 Å². The van der Waals surface area contributed by atoms with Crippen LogP contribution in [0.15, 0.2) is 30.3 Å². The van der Waals surface area contributed by atoms with Gasteiger partial charge in [0.25, 0.3) is 0 Å². The summed E-state index contributed by atoms with van der Waals surface area (Å²) in [5, 5.41) is 10.1. The van der Waals surface area contributed by atoms with E-state index < -0.39 is 35.7 Å². The Morgan fingerprint density at radius 3 is 2.58 bits per heavy atom. The molecule has 1 aliphatic rings. The fraction of sp³-hybridized carbons (Fsp3) is 0.556. The van der Waals surface area contributed by atoms with Crippen LogP contribution in [0.4, 0.5) is 0 Å². The molecule has 1 aliphatic heterocycles. The number of hydrogen-bond donors (Lipinski definition) is 1. The van der Waals surface area contributed by atoms with Crippen molar-refractivity contribution in [3.8, 4) is 0 Å². The van der Waals surface area contributed by atoms with Gasteiger partial charge in [-0.1, -0.05) is 30.3 Å². The molecular formula is C18H24O6. The van der Waals surface area contributed by atoms with Crippen LogP contribution in [-0.2, 0) is 30.4 Å². The maximum Gasteiger partial charge on any atom is 0.311 e. The highest BCUT2D eigenvalue weighted by atomic mass is 16.6. The summed E-state index contributed by atoms with van der Waals surface area (Å²) < 4.78 is 16.2. The lowest BCUT2D eigenvalue weighted by Gasteiger charge is -2.34. The average Bonchev–Trinajstić information content (AvgIpc) is 2.51. The molecule has 0 amide bonds. The number of ether oxygens (including phenoxy) is 3. The SMILES string of the molecule is CC(C)(C)C(=O)OC[C@H]1OC(=O)C[C@@H](O)[C@H]1OCc1ccccc1. The third-order valence-corrected chi connectivity index (χ3v) is 3.68. The first-order valence-electron chi connectivity index (χ1n) is 7.97. The summed E-state index contributed by atoms with van der Waals surface area (Å²) >= 11 is 0. The number of aliphatic hydroxyl groups excluding tert-OH is 1. The van der Waals surface area contributed by atoms with Crippen molar-refractivity contribution in [2.45, 2.75) is 52.1 Å². The first kappa shape index (κ1) is 18.4. The zero-order valence-electron chi connectivity index (χ0n) is 14.2. The number of carbonyl (C=O) groups excluding carboxylic acids is 2. The van der Waals surface area contributed by atoms with Crippen molar-refractivity contribution >= 4 is 11.9 Å². The lowest BCUT2D eigenvalue weighted by atomic mass is 9.97. The highest BCUT2D eigenvalue weighted by Gasteiger charge is 2.40. The van der Waals surface area contributed by atoms with E-state index >= 15 is 0 Å². The van der Waals surface area contributed by atoms with Gasteiger partial charge in [0.1, 0.15) is 12.7 Å². The highest BCUT2D eigenvalue weighted by Crippen LogP contribution is 2.22. The monoisotopic (exact) mass is 336 g/mol. The summed E-state index contributed by atoms with van der Waals surface area (Å²) in [6.07, 6.45) is -2.69. The largest absolute Gasteiger partial charge is 0.461 e. The maximum absolute atomic E-state index is 11.9. The van der Waals surface area contributed by atoms with E-state index in [1.807, 2.05) is 30.3 Å². The standard InChI is InChI=1S/C18H24O6/c1-18(2,3)17(21)23-11-14-16(13(19)9-15(20)24-14)22-10-12-7-5-4-6-8-12/h4-8,13-14,16,19H,9-11H2,1-3H3/t13-,14-,16-/m1/s1. The molecule has 1 saturated heterocycles. The van der Waals surface area contributed by atoms with E-state index in [9.17, 15) is 14.7 Å². The third kappa shape index (κ3) is 5.04. The van der Waals surface area contributed by atoms with Gasteiger partial charge in [-0.2, -0.15) is 0 Å². The zero-order chi connectivity index (χ0) is 17.7. The fourth-order valence-electron chi connectivity index (χ4n) is 2.31. The molecular weight excluding hydrogens is 312 g/mol. The van der Waals surface area contributed by atoms with Gasteiger partial charge in [-0.05, 0) is 26.3 Å². The average molecular weight is 336 g/mol. The topological polar surface area (TPSA) is 82.1 Å². The van der Waals surface area contributed by atoms with Crippen molar-refractivity contribution in [3.63, 3.8) is 0 Å². The molecule has 2 rings (SSSR count). The van der Waals surface area contributed by atoms with Crippen molar-refractivity contribution in [3.05, 3.63) is 35.9 Å². The zero-order valence-corrected chi connectivity index (χ0v) is 14.2. The minimum atomic E-state index is -0.992. The minimum Gasteiger partial charge on any atom is -0.461 e. The van der Waals surface area contributed by atoms with E-state index in [-0.39, 0.29) is 19.6 Å². The first-order chi connectivity index (χ1) is 11.3. The van der Waals surface area contributed by atoms with E-state index in [1.54, 1.807) is 20.8 Å². The Morgan fingerprint density at radius 1 is 1.29 bits per heavy atom. The van der Waals surface area contributed by atoms with Gasteiger partial charge in [0.05, 0.1) is 24.5 Å². The molecule has 1 N–H and O–H groups in total. The normalized spacial score (nSPS) is 24.3. The van der Waals surface area contributed by atoms with Gasteiger partial charge in [-0.25, -0.2) is 0 Å². The van der Waals surface area contributed by atoms with E-state index in [0.717, 1.165) is 5.56 Å². The summed E-state index contributed by atoms with van der Waals surface area (Å²) in [5.41, 5.74) is 0.282. The molecule has 0 aliphatic carbocycles. The Kier molecular flexibility index (Phi) is 5.96. The second-order valence-electron chi connectivity index (χ2n) is 6.91. The van der Waals surface area contributed by atoms with Crippen LogP contribution in [0, 0.1) is 5.41 Å². The van der Waals surface area contributed by atoms with Gasteiger partial charge in [-0.15, -0.1) is 0 Å². The molecule has 0 radical (unpaired) electrons. The van der Waals surface area contributed by atoms with Gasteiger partial charge >= 0.3 is 11.9 Å². The van der Waals surface area contributed by atoms with Crippen molar-refractivity contribution < 1.29 is 28.9 Å². The molecule has 1 heterocycles. The molecule has 1 aromatic rings. The van der Waals surface area contributed by atoms with Crippen LogP contribution in [0.1, 0.15) is 32.8 Å². The number of hydrogen-bond acceptors (Lipinski definition) is 6. The number of cyclic esters (lactones) is 1. The molecule has 0 aromatic heterocycles. The molecule has 6 nitrogen and oxygen atoms in total. The highest BCUT2D eigenvalue weighted by molar-refractivity contribution is 5.75. The molecule has 3 atom stereocenters. The van der Waals surface area contributed by atoms with Gasteiger partial charge in [0.15, 0.2) is 6.10 Å². The van der Waals surface area contributed by atoms with Gasteiger partial charge < -0.3 is 19.3 Å². The quantitative estimate of drug-likeness (QED) is 0.826. The van der Waals surface area contributed by atoms with Crippen LogP contribution < -0.4 is 0 Å². The number of carbonyl (C=O) groups is 2. The Balaban J connectivity index is 1.98. The Morgan fingerprint density at radius 2 is 1.96 bits per heavy atom. The Bertz CT molecular complexity index is 563. The number of benzene rings is 1. The van der Waals surface area contributed by atoms with Crippen molar-refractivity contribution in [2.75, 3.05) is 6.61 Å². The molecule has 0 bridgehead atoms. The fourth-order valence-corrected chi connectivity index (χ4v) is 2.31. The van der Waals surface area contributed by atoms with Crippen LogP contribution in [-0.4, -0.2) is 42.0 Å². The molecule has 0 saturated carbocycles. The lowest BCUT2D eigenvalue weighted by molar-refractivity contribution is -0.199. The van der Waals surface area contributed by atoms with Gasteiger partial charge in [0, 0.05) is 0 Å². The van der Waals surface area contributed by atoms with Crippen molar-refractivity contribution in [1.29, 1.82) is 0 Å². The predicted molar refractivity (Wildman–Crippen MR) is 85.9 cm³/mol. The summed E-state index contributed by atoms with van der Waals surface area (Å²) in [6.45, 7) is 5.34. The summed E-state index contributed by atoms with van der Waals surface area (Å²) in [5.74, 6) is -0.931. The smallest absolute Gasteiger partial charge is 0.311 e. The number of aliphatic hydroxyl groups is 1. The van der Waals surface area contributed by atoms with Crippen LogP contribution in [0.3, 0.4) is 0 Å². The van der Waals surface area contributed by atoms with Crippen molar-refractivity contribution in [1.82, 2.24) is 0 Å². The molecule has 0 unspecified atom stereocenters. The summed E-state index contributed by atoms with van der Waals surface area (Å²) in [6, 6.07) is 9.47. The molecule has 1 aromatic carbocycles. The van der Waals surface area contributed by atoms with Crippen LogP contribution in [0.5, 0.6) is 0 Å². The second kappa shape index (κ2) is 7.77. The van der Waals surface area contributed by atoms with E-state index in [2.05, 4.69) is 0 Å². The van der Waals surface area contributed by atoms with E-state index in [4.69, 9.17) is 14.2 Å². The Hall–Kier alpha value is -1.92. The molecule has 1 fully saturated rings. The van der Waals surface area contributed by atoms with Crippen LogP contribution in [0.2, 0.25) is 0 Å². The number of rotatable bonds is 5. The van der Waals surface area contributed by atoms with Gasteiger partial charge in [-0.3, -0.25) is 9.59 Å². The summed E-state index contributed by atoms with van der Waals surface area (Å²) in [7, 11) is 0. The molecule has 0 spiro atoms. The third-order valence-electron chi connectivity index (χ3n) is 3.68.